The summed E-state index contributed by atoms with van der Waals surface area (Å²) in [7, 11) is 0. The highest BCUT2D eigenvalue weighted by atomic mass is 19.2. The molecule has 1 aromatic carbocycles. The van der Waals surface area contributed by atoms with Crippen LogP contribution in [-0.2, 0) is 6.42 Å². The van der Waals surface area contributed by atoms with Crippen LogP contribution < -0.4 is 5.73 Å². The summed E-state index contributed by atoms with van der Waals surface area (Å²) in [5.41, 5.74) is 5.65. The van der Waals surface area contributed by atoms with Gasteiger partial charge in [0.1, 0.15) is 5.75 Å². The summed E-state index contributed by atoms with van der Waals surface area (Å²) in [6.45, 7) is 0. The van der Waals surface area contributed by atoms with Crippen LogP contribution in [0.15, 0.2) is 12.1 Å². The van der Waals surface area contributed by atoms with Gasteiger partial charge in [-0.3, -0.25) is 0 Å². The summed E-state index contributed by atoms with van der Waals surface area (Å²) < 4.78 is 26.2. The molecule has 15 heavy (non-hydrogen) atoms. The van der Waals surface area contributed by atoms with Gasteiger partial charge in [-0.1, -0.05) is 0 Å². The molecule has 2 rings (SSSR count). The first-order valence-corrected chi connectivity index (χ1v) is 4.97. The van der Waals surface area contributed by atoms with Crippen molar-refractivity contribution in [3.63, 3.8) is 0 Å². The van der Waals surface area contributed by atoms with Crippen LogP contribution in [0.3, 0.4) is 0 Å². The molecule has 0 spiro atoms. The lowest BCUT2D eigenvalue weighted by Crippen LogP contribution is -2.22. The Labute approximate surface area is 86.7 Å². The van der Waals surface area contributed by atoms with E-state index in [9.17, 15) is 13.9 Å². The van der Waals surface area contributed by atoms with Crippen molar-refractivity contribution in [2.45, 2.75) is 31.2 Å². The first-order chi connectivity index (χ1) is 7.02. The lowest BCUT2D eigenvalue weighted by molar-refractivity contribution is 0.436. The molecule has 0 aliphatic heterocycles. The lowest BCUT2D eigenvalue weighted by Gasteiger charge is -2.10. The third-order valence-corrected chi connectivity index (χ3v) is 2.94. The maximum absolute atomic E-state index is 13.3. The van der Waals surface area contributed by atoms with E-state index >= 15 is 0 Å². The second-order valence-corrected chi connectivity index (χ2v) is 4.22. The Morgan fingerprint density at radius 1 is 1.33 bits per heavy atom. The van der Waals surface area contributed by atoms with Gasteiger partial charge in [-0.05, 0) is 37.8 Å². The van der Waals surface area contributed by atoms with Gasteiger partial charge in [-0.15, -0.1) is 0 Å². The Hall–Kier alpha value is -1.16. The van der Waals surface area contributed by atoms with Gasteiger partial charge in [0.05, 0.1) is 0 Å². The Morgan fingerprint density at radius 3 is 2.60 bits per heavy atom. The van der Waals surface area contributed by atoms with Crippen molar-refractivity contribution in [2.24, 2.45) is 5.73 Å². The van der Waals surface area contributed by atoms with Gasteiger partial charge in [0.25, 0.3) is 0 Å². The molecule has 0 unspecified atom stereocenters. The summed E-state index contributed by atoms with van der Waals surface area (Å²) >= 11 is 0. The monoisotopic (exact) mass is 213 g/mol. The minimum Gasteiger partial charge on any atom is -0.508 e. The van der Waals surface area contributed by atoms with Crippen LogP contribution in [0.2, 0.25) is 0 Å². The zero-order valence-corrected chi connectivity index (χ0v) is 8.26. The van der Waals surface area contributed by atoms with Crippen LogP contribution in [0, 0.1) is 11.6 Å². The fraction of sp³-hybridized carbons (Fsp3) is 0.455. The fourth-order valence-corrected chi connectivity index (χ4v) is 1.60. The Bertz CT molecular complexity index is 388. The number of halogens is 2. The molecule has 0 aromatic heterocycles. The summed E-state index contributed by atoms with van der Waals surface area (Å²) in [6.07, 6.45) is 2.71. The predicted octanol–water partition coefficient (Wildman–Crippen LogP) is 2.09. The van der Waals surface area contributed by atoms with Crippen molar-refractivity contribution in [3.8, 4) is 5.75 Å². The molecule has 4 heteroatoms. The second kappa shape index (κ2) is 3.45. The number of hydrogen-bond acceptors (Lipinski definition) is 2. The zero-order chi connectivity index (χ0) is 11.1. The number of aromatic hydroxyl groups is 1. The van der Waals surface area contributed by atoms with Crippen molar-refractivity contribution < 1.29 is 13.9 Å². The quantitative estimate of drug-likeness (QED) is 0.807. The minimum atomic E-state index is -0.959. The van der Waals surface area contributed by atoms with Crippen LogP contribution in [0.1, 0.15) is 24.8 Å². The average molecular weight is 213 g/mol. The molecule has 0 bridgehead atoms. The molecule has 82 valence electrons. The predicted molar refractivity (Wildman–Crippen MR) is 52.5 cm³/mol. The molecule has 3 N–H and O–H groups in total. The molecule has 1 fully saturated rings. The van der Waals surface area contributed by atoms with Gasteiger partial charge in [-0.2, -0.15) is 0 Å². The van der Waals surface area contributed by atoms with Gasteiger partial charge in [0, 0.05) is 11.1 Å². The third-order valence-electron chi connectivity index (χ3n) is 2.94. The molecule has 0 heterocycles. The Balaban J connectivity index is 2.16. The number of benzene rings is 1. The molecule has 0 atom stereocenters. The largest absolute Gasteiger partial charge is 0.508 e. The molecule has 2 nitrogen and oxygen atoms in total. The van der Waals surface area contributed by atoms with Gasteiger partial charge < -0.3 is 10.8 Å². The normalized spacial score (nSPS) is 17.8. The molecule has 1 aliphatic rings. The number of hydrogen-bond donors (Lipinski definition) is 2. The molecular weight excluding hydrogens is 200 g/mol. The topological polar surface area (TPSA) is 46.2 Å². The van der Waals surface area contributed by atoms with Crippen LogP contribution in [0.25, 0.3) is 0 Å². The third kappa shape index (κ3) is 2.09. The highest BCUT2D eigenvalue weighted by Gasteiger charge is 2.37. The first-order valence-electron chi connectivity index (χ1n) is 4.97. The van der Waals surface area contributed by atoms with Crippen LogP contribution >= 0.6 is 0 Å². The van der Waals surface area contributed by atoms with Crippen molar-refractivity contribution in [1.82, 2.24) is 0 Å². The molecule has 1 saturated carbocycles. The van der Waals surface area contributed by atoms with Crippen LogP contribution in [0.4, 0.5) is 8.78 Å². The van der Waals surface area contributed by atoms with Gasteiger partial charge >= 0.3 is 0 Å². The minimum absolute atomic E-state index is 0.0340. The Morgan fingerprint density at radius 2 is 2.00 bits per heavy atom. The zero-order valence-electron chi connectivity index (χ0n) is 8.26. The van der Waals surface area contributed by atoms with Crippen LogP contribution in [-0.4, -0.2) is 10.6 Å². The lowest BCUT2D eigenvalue weighted by atomic mass is 10.0. The highest BCUT2D eigenvalue weighted by Crippen LogP contribution is 2.37. The number of phenols is 1. The number of phenolic OH excluding ortho intramolecular Hbond substituents is 1. The summed E-state index contributed by atoms with van der Waals surface area (Å²) in [5.74, 6) is -2.08. The van der Waals surface area contributed by atoms with E-state index in [4.69, 9.17) is 5.73 Å². The standard InChI is InChI=1S/C11H13F2NO/c12-8-1-2-9(15)7(10(8)13)3-4-11(14)5-6-11/h1-2,15H,3-6,14H2. The van der Waals surface area contributed by atoms with Gasteiger partial charge in [-0.25, -0.2) is 8.78 Å². The molecule has 0 saturated heterocycles. The van der Waals surface area contributed by atoms with E-state index in [2.05, 4.69) is 0 Å². The average Bonchev–Trinajstić information content (AvgIpc) is 2.91. The van der Waals surface area contributed by atoms with E-state index in [1.54, 1.807) is 0 Å². The van der Waals surface area contributed by atoms with Crippen molar-refractivity contribution in [1.29, 1.82) is 0 Å². The SMILES string of the molecule is NC1(CCc2c(O)ccc(F)c2F)CC1. The molecule has 0 amide bonds. The van der Waals surface area contributed by atoms with E-state index in [1.807, 2.05) is 0 Å². The van der Waals surface area contributed by atoms with E-state index in [-0.39, 0.29) is 23.3 Å². The highest BCUT2D eigenvalue weighted by molar-refractivity contribution is 5.34. The first kappa shape index (κ1) is 10.4. The maximum atomic E-state index is 13.3. The van der Waals surface area contributed by atoms with E-state index in [0.29, 0.717) is 6.42 Å². The summed E-state index contributed by atoms with van der Waals surface area (Å²) in [6, 6.07) is 2.09. The summed E-state index contributed by atoms with van der Waals surface area (Å²) in [5, 5.41) is 9.39. The van der Waals surface area contributed by atoms with Crippen LogP contribution in [0.5, 0.6) is 5.75 Å². The molecule has 1 aliphatic carbocycles. The van der Waals surface area contributed by atoms with Gasteiger partial charge in [0.2, 0.25) is 0 Å². The fourth-order valence-electron chi connectivity index (χ4n) is 1.60. The molecular formula is C11H13F2NO. The smallest absolute Gasteiger partial charge is 0.165 e. The van der Waals surface area contributed by atoms with Gasteiger partial charge in [0.15, 0.2) is 11.6 Å². The van der Waals surface area contributed by atoms with Crippen molar-refractivity contribution in [2.75, 3.05) is 0 Å². The Kier molecular flexibility index (Phi) is 2.38. The number of rotatable bonds is 3. The maximum Gasteiger partial charge on any atom is 0.165 e. The molecule has 0 radical (unpaired) electrons. The molecule has 1 aromatic rings. The van der Waals surface area contributed by atoms with Crippen molar-refractivity contribution in [3.05, 3.63) is 29.3 Å². The van der Waals surface area contributed by atoms with Crippen molar-refractivity contribution >= 4 is 0 Å². The van der Waals surface area contributed by atoms with E-state index in [1.165, 1.54) is 6.07 Å². The summed E-state index contributed by atoms with van der Waals surface area (Å²) in [4.78, 5) is 0. The van der Waals surface area contributed by atoms with E-state index in [0.717, 1.165) is 18.9 Å². The van der Waals surface area contributed by atoms with E-state index < -0.39 is 11.6 Å². The second-order valence-electron chi connectivity index (χ2n) is 4.22. The number of nitrogens with two attached hydrogens (primary N) is 1.